The first-order valence-corrected chi connectivity index (χ1v) is 8.18. The minimum atomic E-state index is -1.70. The third kappa shape index (κ3) is 5.05. The Balaban J connectivity index is 3.39. The predicted octanol–water partition coefficient (Wildman–Crippen LogP) is 2.85. The maximum atomic E-state index is 12.3. The fourth-order valence-corrected chi connectivity index (χ4v) is 1.62. The van der Waals surface area contributed by atoms with Crippen LogP contribution in [0.2, 0.25) is 0 Å². The van der Waals surface area contributed by atoms with Gasteiger partial charge in [-0.3, -0.25) is 9.59 Å². The molecule has 0 unspecified atom stereocenters. The smallest absolute Gasteiger partial charge is 0.328 e. The van der Waals surface area contributed by atoms with E-state index in [1.165, 1.54) is 25.1 Å². The summed E-state index contributed by atoms with van der Waals surface area (Å²) in [6, 6.07) is 4.11. The van der Waals surface area contributed by atoms with Crippen molar-refractivity contribution in [2.75, 3.05) is 0 Å². The highest BCUT2D eigenvalue weighted by molar-refractivity contribution is 5.83. The molecule has 0 amide bonds. The topological polar surface area (TPSA) is 116 Å². The van der Waals surface area contributed by atoms with Gasteiger partial charge in [0.1, 0.15) is 5.54 Å². The maximum absolute atomic E-state index is 12.3. The van der Waals surface area contributed by atoms with E-state index in [0.717, 1.165) is 0 Å². The van der Waals surface area contributed by atoms with Gasteiger partial charge in [0.25, 0.3) is 0 Å². The molecule has 1 aromatic carbocycles. The Hall–Kier alpha value is -2.41. The number of carbonyl (C=O) groups excluding carboxylic acids is 2. The fraction of sp³-hybridized carbons (Fsp3) is 0.526. The molecular formula is C19H27NO6. The van der Waals surface area contributed by atoms with Crippen molar-refractivity contribution < 1.29 is 29.0 Å². The number of ether oxygens (including phenoxy) is 2. The second-order valence-corrected chi connectivity index (χ2v) is 8.45. The van der Waals surface area contributed by atoms with Gasteiger partial charge in [-0.05, 0) is 66.2 Å². The molecule has 1 atom stereocenters. The standard InChI is InChI=1S/C19H27NO6/c1-17(2,3)15(23)25-12-9-8-11(19(7,20)14(21)22)10-13(12)26-16(24)18(4,5)6/h8-10H,20H2,1-7H3,(H,21,22)/t19-/m0/s1. The Morgan fingerprint density at radius 2 is 1.27 bits per heavy atom. The number of carboxylic acid groups (broad SMARTS) is 1. The molecule has 1 aromatic rings. The lowest BCUT2D eigenvalue weighted by Gasteiger charge is -2.23. The third-order valence-corrected chi connectivity index (χ3v) is 3.62. The van der Waals surface area contributed by atoms with Gasteiger partial charge < -0.3 is 20.3 Å². The molecular weight excluding hydrogens is 338 g/mol. The van der Waals surface area contributed by atoms with Gasteiger partial charge in [-0.1, -0.05) is 6.07 Å². The molecule has 0 bridgehead atoms. The summed E-state index contributed by atoms with van der Waals surface area (Å²) in [4.78, 5) is 35.8. The average Bonchev–Trinajstić information content (AvgIpc) is 2.46. The molecule has 3 N–H and O–H groups in total. The van der Waals surface area contributed by atoms with Crippen molar-refractivity contribution in [3.8, 4) is 11.5 Å². The van der Waals surface area contributed by atoms with E-state index in [0.29, 0.717) is 0 Å². The van der Waals surface area contributed by atoms with Gasteiger partial charge in [-0.25, -0.2) is 4.79 Å². The van der Waals surface area contributed by atoms with Crippen molar-refractivity contribution in [2.24, 2.45) is 16.6 Å². The monoisotopic (exact) mass is 365 g/mol. The largest absolute Gasteiger partial charge is 0.480 e. The summed E-state index contributed by atoms with van der Waals surface area (Å²) in [6.45, 7) is 11.4. The van der Waals surface area contributed by atoms with Crippen molar-refractivity contribution in [3.05, 3.63) is 23.8 Å². The van der Waals surface area contributed by atoms with Gasteiger partial charge in [0, 0.05) is 0 Å². The Bertz CT molecular complexity index is 723. The number of benzene rings is 1. The number of esters is 2. The van der Waals surface area contributed by atoms with Gasteiger partial charge in [-0.2, -0.15) is 0 Å². The Kier molecular flexibility index (Phi) is 5.88. The first-order valence-electron chi connectivity index (χ1n) is 8.18. The molecule has 0 fully saturated rings. The van der Waals surface area contributed by atoms with Crippen LogP contribution < -0.4 is 15.2 Å². The molecule has 0 aliphatic carbocycles. The highest BCUT2D eigenvalue weighted by atomic mass is 16.6. The summed E-state index contributed by atoms with van der Waals surface area (Å²) < 4.78 is 10.7. The van der Waals surface area contributed by atoms with E-state index in [1.807, 2.05) is 0 Å². The lowest BCUT2D eigenvalue weighted by atomic mass is 9.93. The van der Waals surface area contributed by atoms with Gasteiger partial charge >= 0.3 is 17.9 Å². The van der Waals surface area contributed by atoms with Crippen LogP contribution in [0, 0.1) is 10.8 Å². The molecule has 7 nitrogen and oxygen atoms in total. The second kappa shape index (κ2) is 7.07. The zero-order valence-corrected chi connectivity index (χ0v) is 16.3. The molecule has 0 saturated carbocycles. The number of rotatable bonds is 4. The number of carboxylic acids is 1. The summed E-state index contributed by atoms with van der Waals surface area (Å²) in [5, 5.41) is 9.30. The van der Waals surface area contributed by atoms with E-state index in [-0.39, 0.29) is 17.1 Å². The van der Waals surface area contributed by atoms with Crippen LogP contribution in [0.5, 0.6) is 11.5 Å². The zero-order chi connectivity index (χ0) is 20.5. The molecule has 26 heavy (non-hydrogen) atoms. The number of carbonyl (C=O) groups is 3. The summed E-state index contributed by atoms with van der Waals surface area (Å²) in [6.07, 6.45) is 0. The van der Waals surface area contributed by atoms with Crippen LogP contribution in [0.25, 0.3) is 0 Å². The molecule has 0 heterocycles. The molecule has 7 heteroatoms. The van der Waals surface area contributed by atoms with Gasteiger partial charge in [-0.15, -0.1) is 0 Å². The molecule has 0 saturated heterocycles. The van der Waals surface area contributed by atoms with Crippen LogP contribution in [0.4, 0.5) is 0 Å². The van der Waals surface area contributed by atoms with E-state index in [9.17, 15) is 19.5 Å². The Labute approximate surface area is 153 Å². The van der Waals surface area contributed by atoms with Crippen LogP contribution in [-0.4, -0.2) is 23.0 Å². The van der Waals surface area contributed by atoms with E-state index in [1.54, 1.807) is 41.5 Å². The molecule has 0 radical (unpaired) electrons. The number of aliphatic carboxylic acids is 1. The molecule has 0 spiro atoms. The minimum Gasteiger partial charge on any atom is -0.480 e. The highest BCUT2D eigenvalue weighted by Gasteiger charge is 2.33. The molecule has 144 valence electrons. The SMILES string of the molecule is CC(C)(C)C(=O)Oc1ccc([C@](C)(N)C(=O)O)cc1OC(=O)C(C)(C)C. The van der Waals surface area contributed by atoms with Crippen molar-refractivity contribution >= 4 is 17.9 Å². The highest BCUT2D eigenvalue weighted by Crippen LogP contribution is 2.35. The fourth-order valence-electron chi connectivity index (χ4n) is 1.62. The summed E-state index contributed by atoms with van der Waals surface area (Å²) in [5.41, 5.74) is 2.77. The van der Waals surface area contributed by atoms with Crippen molar-refractivity contribution in [3.63, 3.8) is 0 Å². The number of hydrogen-bond acceptors (Lipinski definition) is 6. The minimum absolute atomic E-state index is 0.0208. The quantitative estimate of drug-likeness (QED) is 0.622. The lowest BCUT2D eigenvalue weighted by molar-refractivity contribution is -0.145. The predicted molar refractivity (Wildman–Crippen MR) is 95.8 cm³/mol. The van der Waals surface area contributed by atoms with Crippen molar-refractivity contribution in [1.29, 1.82) is 0 Å². The first-order chi connectivity index (χ1) is 11.6. The molecule has 0 aromatic heterocycles. The molecule has 1 rings (SSSR count). The van der Waals surface area contributed by atoms with Crippen molar-refractivity contribution in [1.82, 2.24) is 0 Å². The van der Waals surface area contributed by atoms with Crippen LogP contribution in [0.15, 0.2) is 18.2 Å². The molecule has 0 aliphatic heterocycles. The number of hydrogen-bond donors (Lipinski definition) is 2. The third-order valence-electron chi connectivity index (χ3n) is 3.62. The van der Waals surface area contributed by atoms with Crippen LogP contribution in [-0.2, 0) is 19.9 Å². The maximum Gasteiger partial charge on any atom is 0.328 e. The van der Waals surface area contributed by atoms with E-state index in [4.69, 9.17) is 15.2 Å². The Morgan fingerprint density at radius 3 is 1.65 bits per heavy atom. The van der Waals surface area contributed by atoms with Crippen LogP contribution >= 0.6 is 0 Å². The lowest BCUT2D eigenvalue weighted by Crippen LogP contribution is -2.41. The summed E-state index contributed by atoms with van der Waals surface area (Å²) >= 11 is 0. The van der Waals surface area contributed by atoms with Gasteiger partial charge in [0.15, 0.2) is 11.5 Å². The van der Waals surface area contributed by atoms with E-state index in [2.05, 4.69) is 0 Å². The van der Waals surface area contributed by atoms with Gasteiger partial charge in [0.05, 0.1) is 10.8 Å². The van der Waals surface area contributed by atoms with Crippen LogP contribution in [0.1, 0.15) is 54.0 Å². The van der Waals surface area contributed by atoms with Crippen LogP contribution in [0.3, 0.4) is 0 Å². The van der Waals surface area contributed by atoms with E-state index >= 15 is 0 Å². The molecule has 0 aliphatic rings. The van der Waals surface area contributed by atoms with Gasteiger partial charge in [0.2, 0.25) is 0 Å². The summed E-state index contributed by atoms with van der Waals surface area (Å²) in [7, 11) is 0. The first kappa shape index (κ1) is 21.6. The van der Waals surface area contributed by atoms with E-state index < -0.39 is 34.3 Å². The van der Waals surface area contributed by atoms with Crippen molar-refractivity contribution in [2.45, 2.75) is 54.0 Å². The number of nitrogens with two attached hydrogens (primary N) is 1. The second-order valence-electron chi connectivity index (χ2n) is 8.45. The summed E-state index contributed by atoms with van der Waals surface area (Å²) in [5.74, 6) is -2.36. The normalized spacial score (nSPS) is 14.3. The average molecular weight is 365 g/mol. The zero-order valence-electron chi connectivity index (χ0n) is 16.3. The Morgan fingerprint density at radius 1 is 0.846 bits per heavy atom.